The first-order valence-electron chi connectivity index (χ1n) is 13.4. The van der Waals surface area contributed by atoms with Crippen LogP contribution in [0.25, 0.3) is 16.6 Å². The minimum Gasteiger partial charge on any atom is -0.293 e. The van der Waals surface area contributed by atoms with Crippen LogP contribution in [0.5, 0.6) is 0 Å². The first-order valence-corrected chi connectivity index (χ1v) is 15.7. The summed E-state index contributed by atoms with van der Waals surface area (Å²) in [6.45, 7) is 11.0. The van der Waals surface area contributed by atoms with E-state index in [0.29, 0.717) is 31.0 Å². The van der Waals surface area contributed by atoms with Crippen molar-refractivity contribution in [2.75, 3.05) is 26.2 Å². The Hall–Kier alpha value is -2.66. The van der Waals surface area contributed by atoms with Crippen molar-refractivity contribution in [3.63, 3.8) is 0 Å². The molecule has 0 unspecified atom stereocenters. The minimum absolute atomic E-state index is 0.0736. The van der Waals surface area contributed by atoms with E-state index in [1.54, 1.807) is 21.8 Å². The van der Waals surface area contributed by atoms with Crippen LogP contribution in [-0.2, 0) is 10.0 Å². The number of nitrogens with zero attached hydrogens (tertiary/aromatic N) is 5. The summed E-state index contributed by atoms with van der Waals surface area (Å²) >= 11 is 1.36. The highest BCUT2D eigenvalue weighted by Gasteiger charge is 2.41. The zero-order chi connectivity index (χ0) is 27.5. The Balaban J connectivity index is 1.35. The molecule has 6 rings (SSSR count). The maximum absolute atomic E-state index is 13.6. The van der Waals surface area contributed by atoms with Gasteiger partial charge in [-0.25, -0.2) is 22.5 Å². The van der Waals surface area contributed by atoms with Gasteiger partial charge in [0.25, 0.3) is 10.0 Å². The van der Waals surface area contributed by atoms with Gasteiger partial charge >= 0.3 is 0 Å². The van der Waals surface area contributed by atoms with Gasteiger partial charge in [-0.05, 0) is 85.5 Å². The highest BCUT2D eigenvalue weighted by atomic mass is 32.2. The molecule has 10 heteroatoms. The number of piperazine rings is 1. The molecule has 0 radical (unpaired) electrons. The lowest BCUT2D eigenvalue weighted by Gasteiger charge is -2.48. The molecule has 1 saturated heterocycles. The van der Waals surface area contributed by atoms with Gasteiger partial charge in [-0.2, -0.15) is 9.40 Å². The van der Waals surface area contributed by atoms with Crippen LogP contribution in [0.4, 0.5) is 4.39 Å². The van der Waals surface area contributed by atoms with Crippen LogP contribution in [0, 0.1) is 31.0 Å². The summed E-state index contributed by atoms with van der Waals surface area (Å²) in [6, 6.07) is 10.5. The van der Waals surface area contributed by atoms with E-state index < -0.39 is 10.0 Å². The van der Waals surface area contributed by atoms with Crippen LogP contribution in [-0.4, -0.2) is 58.6 Å². The van der Waals surface area contributed by atoms with Crippen LogP contribution in [0.15, 0.2) is 53.0 Å². The summed E-state index contributed by atoms with van der Waals surface area (Å²) in [5.74, 6) is 0.338. The topological polar surface area (TPSA) is 71.3 Å². The van der Waals surface area contributed by atoms with E-state index in [2.05, 4.69) is 47.9 Å². The molecule has 1 saturated carbocycles. The molecule has 2 aromatic heterocycles. The number of aryl methyl sites for hydroxylation is 2. The predicted octanol–water partition coefficient (Wildman–Crippen LogP) is 5.72. The molecule has 7 nitrogen and oxygen atoms in total. The number of rotatable bonds is 6. The Kier molecular flexibility index (Phi) is 6.65. The van der Waals surface area contributed by atoms with E-state index in [1.165, 1.54) is 36.3 Å². The molecular formula is C29H34FN5O2S2. The predicted molar refractivity (Wildman–Crippen MR) is 152 cm³/mol. The largest absolute Gasteiger partial charge is 0.293 e. The third-order valence-corrected chi connectivity index (χ3v) is 10.9. The molecular weight excluding hydrogens is 533 g/mol. The highest BCUT2D eigenvalue weighted by Crippen LogP contribution is 2.46. The van der Waals surface area contributed by atoms with E-state index >= 15 is 0 Å². The Bertz CT molecular complexity index is 1620. The smallest absolute Gasteiger partial charge is 0.261 e. The molecule has 4 aromatic rings. The molecule has 0 N–H and O–H groups in total. The van der Waals surface area contributed by atoms with Crippen molar-refractivity contribution in [1.29, 1.82) is 0 Å². The number of sulfonamides is 1. The van der Waals surface area contributed by atoms with Gasteiger partial charge in [0.05, 0.1) is 22.4 Å². The third kappa shape index (κ3) is 5.03. The quantitative estimate of drug-likeness (QED) is 0.298. The van der Waals surface area contributed by atoms with E-state index in [4.69, 9.17) is 0 Å². The van der Waals surface area contributed by atoms with Gasteiger partial charge < -0.3 is 0 Å². The fourth-order valence-electron chi connectivity index (χ4n) is 6.43. The summed E-state index contributed by atoms with van der Waals surface area (Å²) in [6.07, 6.45) is 4.22. The zero-order valence-electron chi connectivity index (χ0n) is 22.8. The molecule has 1 aliphatic carbocycles. The average Bonchev–Trinajstić information content (AvgIpc) is 3.49. The van der Waals surface area contributed by atoms with Crippen LogP contribution in [0.2, 0.25) is 0 Å². The molecule has 2 fully saturated rings. The number of hydrogen-bond acceptors (Lipinski definition) is 6. The highest BCUT2D eigenvalue weighted by molar-refractivity contribution is 7.89. The van der Waals surface area contributed by atoms with Gasteiger partial charge in [0, 0.05) is 43.0 Å². The summed E-state index contributed by atoms with van der Waals surface area (Å²) in [5, 5.41) is 8.10. The lowest BCUT2D eigenvalue weighted by Crippen LogP contribution is -2.53. The maximum atomic E-state index is 13.6. The van der Waals surface area contributed by atoms with E-state index in [0.717, 1.165) is 39.3 Å². The van der Waals surface area contributed by atoms with Gasteiger partial charge in [-0.3, -0.25) is 4.90 Å². The molecule has 2 aromatic carbocycles. The molecule has 39 heavy (non-hydrogen) atoms. The van der Waals surface area contributed by atoms with Crippen molar-refractivity contribution >= 4 is 32.3 Å². The fraction of sp³-hybridized carbons (Fsp3) is 0.448. The van der Waals surface area contributed by atoms with Crippen molar-refractivity contribution in [3.8, 4) is 5.69 Å². The van der Waals surface area contributed by atoms with Gasteiger partial charge in [0.1, 0.15) is 5.82 Å². The minimum atomic E-state index is -3.68. The summed E-state index contributed by atoms with van der Waals surface area (Å²) in [5.41, 5.74) is 4.32. The van der Waals surface area contributed by atoms with E-state index in [9.17, 15) is 12.8 Å². The molecule has 0 spiro atoms. The average molecular weight is 568 g/mol. The molecule has 2 aliphatic rings. The first-order chi connectivity index (χ1) is 18.5. The lowest BCUT2D eigenvalue weighted by molar-refractivity contribution is 0.0267. The standard InChI is InChI=1S/C29H34FN5O2S2/c1-19-11-26-22(15-31-35(26)24-7-5-23(30)6-8-24)12-25(19)27-17-34(39(36,37)28-18-38-20(2)32-28)10-9-33(27)16-21-13-29(3,4)14-21/h5-8,11-12,15,18,21,27H,9-10,13-14,16-17H2,1-4H3/t27-/m1/s1. The number of thiazole rings is 1. The fourth-order valence-corrected chi connectivity index (χ4v) is 8.77. The van der Waals surface area contributed by atoms with Crippen LogP contribution < -0.4 is 0 Å². The van der Waals surface area contributed by atoms with Crippen LogP contribution >= 0.6 is 11.3 Å². The number of halogens is 1. The molecule has 0 bridgehead atoms. The summed E-state index contributed by atoms with van der Waals surface area (Å²) < 4.78 is 44.0. The molecule has 206 valence electrons. The van der Waals surface area contributed by atoms with Crippen molar-refractivity contribution in [2.24, 2.45) is 11.3 Å². The molecule has 0 amide bonds. The number of benzene rings is 2. The Labute approximate surface area is 233 Å². The summed E-state index contributed by atoms with van der Waals surface area (Å²) in [7, 11) is -3.68. The Morgan fingerprint density at radius 1 is 1.10 bits per heavy atom. The summed E-state index contributed by atoms with van der Waals surface area (Å²) in [4.78, 5) is 6.78. The second-order valence-corrected chi connectivity index (χ2v) is 14.8. The van der Waals surface area contributed by atoms with Crippen molar-refractivity contribution in [3.05, 3.63) is 69.9 Å². The van der Waals surface area contributed by atoms with Crippen LogP contribution in [0.1, 0.15) is 48.9 Å². The number of aromatic nitrogens is 3. The molecule has 1 atom stereocenters. The van der Waals surface area contributed by atoms with Crippen molar-refractivity contribution < 1.29 is 12.8 Å². The zero-order valence-corrected chi connectivity index (χ0v) is 24.4. The van der Waals surface area contributed by atoms with Crippen molar-refractivity contribution in [2.45, 2.75) is 51.6 Å². The Morgan fingerprint density at radius 3 is 2.51 bits per heavy atom. The van der Waals surface area contributed by atoms with Gasteiger partial charge in [-0.1, -0.05) is 13.8 Å². The van der Waals surface area contributed by atoms with Gasteiger partial charge in [0.15, 0.2) is 5.03 Å². The molecule has 1 aliphatic heterocycles. The van der Waals surface area contributed by atoms with Crippen molar-refractivity contribution in [1.82, 2.24) is 24.0 Å². The lowest BCUT2D eigenvalue weighted by atomic mass is 9.64. The van der Waals surface area contributed by atoms with Gasteiger partial charge in [-0.15, -0.1) is 11.3 Å². The second kappa shape index (κ2) is 9.76. The normalized spacial score (nSPS) is 20.9. The van der Waals surface area contributed by atoms with E-state index in [1.807, 2.05) is 17.8 Å². The Morgan fingerprint density at radius 2 is 1.85 bits per heavy atom. The third-order valence-electron chi connectivity index (χ3n) is 8.22. The van der Waals surface area contributed by atoms with E-state index in [-0.39, 0.29) is 16.9 Å². The number of hydrogen-bond donors (Lipinski definition) is 0. The second-order valence-electron chi connectivity index (χ2n) is 11.8. The maximum Gasteiger partial charge on any atom is 0.261 e. The molecule has 3 heterocycles. The first kappa shape index (κ1) is 26.6. The van der Waals surface area contributed by atoms with Crippen LogP contribution in [0.3, 0.4) is 0 Å². The SMILES string of the molecule is Cc1nc(S(=O)(=O)N2CCN(CC3CC(C)(C)C3)[C@@H](c3cc4cnn(-c5ccc(F)cc5)c4cc3C)C2)cs1. The van der Waals surface area contributed by atoms with Gasteiger partial charge in [0.2, 0.25) is 0 Å². The number of fused-ring (bicyclic) bond motifs is 1. The monoisotopic (exact) mass is 567 g/mol.